The largest absolute Gasteiger partial charge is 0.465 e. The number of nitrogens with zero attached hydrogens (tertiary/aromatic N) is 1. The second kappa shape index (κ2) is 6.97. The van der Waals surface area contributed by atoms with Gasteiger partial charge in [-0.25, -0.2) is 9.78 Å². The first-order valence-electron chi connectivity index (χ1n) is 7.56. The third kappa shape index (κ3) is 3.80. The number of anilines is 1. The van der Waals surface area contributed by atoms with Crippen LogP contribution in [0.3, 0.4) is 0 Å². The van der Waals surface area contributed by atoms with Gasteiger partial charge >= 0.3 is 6.09 Å². The Hall–Kier alpha value is -3.12. The van der Waals surface area contributed by atoms with Crippen molar-refractivity contribution >= 4 is 11.8 Å². The molecular weight excluding hydrogens is 304 g/mol. The lowest BCUT2D eigenvalue weighted by atomic mass is 10.1. The van der Waals surface area contributed by atoms with Gasteiger partial charge in [-0.05, 0) is 29.7 Å². The fourth-order valence-electron chi connectivity index (χ4n) is 2.49. The molecule has 1 unspecified atom stereocenters. The zero-order valence-corrected chi connectivity index (χ0v) is 12.9. The summed E-state index contributed by atoms with van der Waals surface area (Å²) in [6, 6.07) is 16.9. The van der Waals surface area contributed by atoms with Gasteiger partial charge in [0.25, 0.3) is 0 Å². The molecule has 0 aliphatic rings. The molecule has 6 nitrogen and oxygen atoms in total. The lowest BCUT2D eigenvalue weighted by Gasteiger charge is -2.08. The third-order valence-corrected chi connectivity index (χ3v) is 3.69. The summed E-state index contributed by atoms with van der Waals surface area (Å²) in [5, 5.41) is 11.0. The van der Waals surface area contributed by atoms with Gasteiger partial charge in [0.05, 0.1) is 17.9 Å². The molecule has 0 saturated carbocycles. The Morgan fingerprint density at radius 2 is 1.88 bits per heavy atom. The van der Waals surface area contributed by atoms with Crippen molar-refractivity contribution in [3.63, 3.8) is 0 Å². The van der Waals surface area contributed by atoms with E-state index in [0.29, 0.717) is 12.1 Å². The van der Waals surface area contributed by atoms with Crippen molar-refractivity contribution in [1.82, 2.24) is 9.97 Å². The summed E-state index contributed by atoms with van der Waals surface area (Å²) in [6.45, 7) is 0. The third-order valence-electron chi connectivity index (χ3n) is 3.69. The second-order valence-electron chi connectivity index (χ2n) is 5.49. The van der Waals surface area contributed by atoms with Crippen molar-refractivity contribution in [1.29, 1.82) is 0 Å². The van der Waals surface area contributed by atoms with Crippen LogP contribution in [0.5, 0.6) is 0 Å². The molecule has 1 atom stereocenters. The molecule has 0 radical (unpaired) electrons. The number of hydrogen-bond acceptors (Lipinski definition) is 3. The lowest BCUT2D eigenvalue weighted by Crippen LogP contribution is -2.14. The first kappa shape index (κ1) is 15.8. The summed E-state index contributed by atoms with van der Waals surface area (Å²) in [5.74, 6) is 0.724. The van der Waals surface area contributed by atoms with Crippen molar-refractivity contribution in [2.75, 3.05) is 5.32 Å². The number of carboxylic acid groups (broad SMARTS) is 1. The van der Waals surface area contributed by atoms with Crippen molar-refractivity contribution in [2.45, 2.75) is 12.5 Å². The highest BCUT2D eigenvalue weighted by Gasteiger charge is 2.12. The molecule has 0 spiro atoms. The maximum Gasteiger partial charge on any atom is 0.409 e. The van der Waals surface area contributed by atoms with E-state index in [1.807, 2.05) is 42.5 Å². The molecule has 0 aliphatic heterocycles. The zero-order valence-electron chi connectivity index (χ0n) is 12.9. The fourth-order valence-corrected chi connectivity index (χ4v) is 2.49. The molecule has 6 heteroatoms. The summed E-state index contributed by atoms with van der Waals surface area (Å²) < 4.78 is 0. The van der Waals surface area contributed by atoms with Crippen molar-refractivity contribution < 1.29 is 9.90 Å². The van der Waals surface area contributed by atoms with Gasteiger partial charge in [-0.3, -0.25) is 5.32 Å². The van der Waals surface area contributed by atoms with E-state index in [9.17, 15) is 4.79 Å². The number of aromatic amines is 1. The monoisotopic (exact) mass is 322 g/mol. The van der Waals surface area contributed by atoms with Crippen LogP contribution in [0.15, 0.2) is 60.8 Å². The Kier molecular flexibility index (Phi) is 4.58. The van der Waals surface area contributed by atoms with E-state index in [1.165, 1.54) is 0 Å². The smallest absolute Gasteiger partial charge is 0.409 e. The molecule has 2 aromatic carbocycles. The number of nitrogens with two attached hydrogens (primary N) is 1. The predicted octanol–water partition coefficient (Wildman–Crippen LogP) is 3.41. The summed E-state index contributed by atoms with van der Waals surface area (Å²) >= 11 is 0. The Morgan fingerprint density at radius 3 is 2.54 bits per heavy atom. The van der Waals surface area contributed by atoms with Crippen molar-refractivity contribution in [3.8, 4) is 11.3 Å². The molecule has 1 amide bonds. The molecule has 1 aromatic heterocycles. The van der Waals surface area contributed by atoms with E-state index < -0.39 is 6.09 Å². The van der Waals surface area contributed by atoms with Crippen LogP contribution < -0.4 is 11.1 Å². The average molecular weight is 322 g/mol. The number of amides is 1. The van der Waals surface area contributed by atoms with Crippen LogP contribution in [-0.2, 0) is 6.42 Å². The fraction of sp³-hybridized carbons (Fsp3) is 0.111. The van der Waals surface area contributed by atoms with Crippen LogP contribution in [-0.4, -0.2) is 21.2 Å². The minimum absolute atomic E-state index is 0.214. The van der Waals surface area contributed by atoms with E-state index in [1.54, 1.807) is 18.3 Å². The summed E-state index contributed by atoms with van der Waals surface area (Å²) in [7, 11) is 0. The van der Waals surface area contributed by atoms with E-state index in [-0.39, 0.29) is 6.04 Å². The quantitative estimate of drug-likeness (QED) is 0.578. The maximum absolute atomic E-state index is 10.6. The van der Waals surface area contributed by atoms with E-state index in [4.69, 9.17) is 10.8 Å². The lowest BCUT2D eigenvalue weighted by molar-refractivity contribution is 0.210. The normalized spacial score (nSPS) is 11.9. The number of carbonyl (C=O) groups is 1. The number of benzene rings is 2. The number of hydrogen-bond donors (Lipinski definition) is 4. The molecular formula is C18H18N4O2. The van der Waals surface area contributed by atoms with Crippen LogP contribution in [0.2, 0.25) is 0 Å². The van der Waals surface area contributed by atoms with E-state index in [0.717, 1.165) is 22.6 Å². The van der Waals surface area contributed by atoms with Crippen LogP contribution >= 0.6 is 0 Å². The molecule has 3 aromatic rings. The molecule has 3 rings (SSSR count). The van der Waals surface area contributed by atoms with Gasteiger partial charge in [-0.1, -0.05) is 42.5 Å². The molecule has 24 heavy (non-hydrogen) atoms. The van der Waals surface area contributed by atoms with E-state index in [2.05, 4.69) is 15.3 Å². The Morgan fingerprint density at radius 1 is 1.17 bits per heavy atom. The zero-order chi connectivity index (χ0) is 16.9. The van der Waals surface area contributed by atoms with Crippen LogP contribution in [0.25, 0.3) is 11.3 Å². The van der Waals surface area contributed by atoms with Gasteiger partial charge < -0.3 is 15.8 Å². The minimum atomic E-state index is -1.08. The minimum Gasteiger partial charge on any atom is -0.465 e. The van der Waals surface area contributed by atoms with Gasteiger partial charge in [0.1, 0.15) is 5.82 Å². The highest BCUT2D eigenvalue weighted by molar-refractivity contribution is 5.83. The summed E-state index contributed by atoms with van der Waals surface area (Å²) in [5.41, 5.74) is 9.66. The number of rotatable bonds is 5. The highest BCUT2D eigenvalue weighted by Crippen LogP contribution is 2.22. The summed E-state index contributed by atoms with van der Waals surface area (Å²) in [6.07, 6.45) is 1.35. The molecule has 1 heterocycles. The van der Waals surface area contributed by atoms with Gasteiger partial charge in [-0.2, -0.15) is 0 Å². The van der Waals surface area contributed by atoms with Gasteiger partial charge in [0.15, 0.2) is 0 Å². The Balaban J connectivity index is 1.71. The predicted molar refractivity (Wildman–Crippen MR) is 92.7 cm³/mol. The summed E-state index contributed by atoms with van der Waals surface area (Å²) in [4.78, 5) is 18.2. The molecule has 0 saturated heterocycles. The van der Waals surface area contributed by atoms with Gasteiger partial charge in [-0.15, -0.1) is 0 Å². The number of aromatic nitrogens is 2. The number of H-pyrrole nitrogens is 1. The van der Waals surface area contributed by atoms with Crippen LogP contribution in [0.1, 0.15) is 17.4 Å². The number of imidazole rings is 1. The van der Waals surface area contributed by atoms with Gasteiger partial charge in [0, 0.05) is 5.69 Å². The molecule has 0 fully saturated rings. The molecule has 0 bridgehead atoms. The Labute approximate surface area is 139 Å². The molecule has 5 N–H and O–H groups in total. The topological polar surface area (TPSA) is 104 Å². The first-order valence-corrected chi connectivity index (χ1v) is 7.56. The average Bonchev–Trinajstić information content (AvgIpc) is 3.06. The standard InChI is InChI=1S/C18H18N4O2/c19-15(10-12-4-2-1-3-5-12)17-20-11-16(22-17)13-6-8-14(9-7-13)21-18(23)24/h1-9,11,15,21H,10,19H2,(H,20,22)(H,23,24). The highest BCUT2D eigenvalue weighted by atomic mass is 16.4. The maximum atomic E-state index is 10.6. The van der Waals surface area contributed by atoms with E-state index >= 15 is 0 Å². The van der Waals surface area contributed by atoms with Gasteiger partial charge in [0.2, 0.25) is 0 Å². The molecule has 122 valence electrons. The Bertz CT molecular complexity index is 813. The first-order chi connectivity index (χ1) is 11.6. The van der Waals surface area contributed by atoms with Crippen LogP contribution in [0, 0.1) is 0 Å². The van der Waals surface area contributed by atoms with Crippen molar-refractivity contribution in [2.24, 2.45) is 5.73 Å². The SMILES string of the molecule is NC(Cc1ccccc1)c1ncc(-c2ccc(NC(=O)O)cc2)[nH]1. The van der Waals surface area contributed by atoms with Crippen molar-refractivity contribution in [3.05, 3.63) is 72.2 Å². The molecule has 0 aliphatic carbocycles. The second-order valence-corrected chi connectivity index (χ2v) is 5.49. The number of nitrogens with one attached hydrogen (secondary N) is 2. The van der Waals surface area contributed by atoms with Crippen LogP contribution in [0.4, 0.5) is 10.5 Å².